The van der Waals surface area contributed by atoms with Crippen molar-refractivity contribution in [2.75, 3.05) is 31.1 Å². The molecule has 3 rings (SSSR count). The summed E-state index contributed by atoms with van der Waals surface area (Å²) < 4.78 is 13.3. The largest absolute Gasteiger partial charge is 0.368 e. The second-order valence-electron chi connectivity index (χ2n) is 5.77. The van der Waals surface area contributed by atoms with E-state index in [0.29, 0.717) is 18.7 Å². The molecule has 23 heavy (non-hydrogen) atoms. The lowest BCUT2D eigenvalue weighted by atomic mass is 10.1. The van der Waals surface area contributed by atoms with Crippen LogP contribution in [-0.2, 0) is 6.42 Å². The molecular formula is C19H21FN2O. The minimum Gasteiger partial charge on any atom is -0.368 e. The van der Waals surface area contributed by atoms with Crippen LogP contribution in [0.25, 0.3) is 0 Å². The Bertz CT molecular complexity index is 693. The van der Waals surface area contributed by atoms with Gasteiger partial charge in [0, 0.05) is 37.4 Å². The maximum Gasteiger partial charge on any atom is 0.254 e. The molecule has 0 N–H and O–H groups in total. The van der Waals surface area contributed by atoms with Gasteiger partial charge in [-0.25, -0.2) is 4.39 Å². The molecule has 0 aliphatic carbocycles. The van der Waals surface area contributed by atoms with Crippen molar-refractivity contribution in [1.29, 1.82) is 0 Å². The number of carbonyl (C=O) groups excluding carboxylic acids is 1. The summed E-state index contributed by atoms with van der Waals surface area (Å²) in [6.07, 6.45) is 0.999. The minimum absolute atomic E-state index is 0.0899. The van der Waals surface area contributed by atoms with Crippen molar-refractivity contribution < 1.29 is 9.18 Å². The molecule has 0 bridgehead atoms. The molecule has 1 aliphatic rings. The molecule has 0 spiro atoms. The average Bonchev–Trinajstić information content (AvgIpc) is 2.61. The Morgan fingerprint density at radius 1 is 1.04 bits per heavy atom. The van der Waals surface area contributed by atoms with Crippen LogP contribution < -0.4 is 4.90 Å². The zero-order valence-corrected chi connectivity index (χ0v) is 13.3. The monoisotopic (exact) mass is 312 g/mol. The fourth-order valence-electron chi connectivity index (χ4n) is 3.07. The van der Waals surface area contributed by atoms with Crippen molar-refractivity contribution in [3.05, 3.63) is 65.5 Å². The van der Waals surface area contributed by atoms with Crippen LogP contribution in [0.2, 0.25) is 0 Å². The van der Waals surface area contributed by atoms with Crippen molar-refractivity contribution in [2.24, 2.45) is 0 Å². The van der Waals surface area contributed by atoms with Gasteiger partial charge in [-0.15, -0.1) is 0 Å². The highest BCUT2D eigenvalue weighted by atomic mass is 19.1. The van der Waals surface area contributed by atoms with E-state index in [-0.39, 0.29) is 11.7 Å². The molecule has 2 aromatic carbocycles. The minimum atomic E-state index is -0.369. The summed E-state index contributed by atoms with van der Waals surface area (Å²) in [4.78, 5) is 16.6. The first-order valence-electron chi connectivity index (χ1n) is 8.06. The molecule has 1 heterocycles. The predicted molar refractivity (Wildman–Crippen MR) is 90.3 cm³/mol. The Balaban J connectivity index is 1.67. The van der Waals surface area contributed by atoms with Crippen LogP contribution in [0.4, 0.5) is 10.1 Å². The van der Waals surface area contributed by atoms with Crippen LogP contribution in [0, 0.1) is 5.82 Å². The SMILES string of the molecule is CCc1ccccc1N1CCN(C(=O)c2cccc(F)c2)CC1. The molecule has 0 aromatic heterocycles. The van der Waals surface area contributed by atoms with Gasteiger partial charge < -0.3 is 9.80 Å². The van der Waals surface area contributed by atoms with Crippen LogP contribution in [-0.4, -0.2) is 37.0 Å². The van der Waals surface area contributed by atoms with E-state index >= 15 is 0 Å². The Kier molecular flexibility index (Phi) is 4.60. The van der Waals surface area contributed by atoms with Gasteiger partial charge in [-0.05, 0) is 36.2 Å². The van der Waals surface area contributed by atoms with Gasteiger partial charge in [-0.2, -0.15) is 0 Å². The first-order chi connectivity index (χ1) is 11.2. The number of para-hydroxylation sites is 1. The van der Waals surface area contributed by atoms with E-state index in [9.17, 15) is 9.18 Å². The number of rotatable bonds is 3. The summed E-state index contributed by atoms with van der Waals surface area (Å²) in [5, 5.41) is 0. The fraction of sp³-hybridized carbons (Fsp3) is 0.316. The lowest BCUT2D eigenvalue weighted by Crippen LogP contribution is -2.49. The van der Waals surface area contributed by atoms with Gasteiger partial charge in [0.1, 0.15) is 5.82 Å². The topological polar surface area (TPSA) is 23.6 Å². The molecule has 2 aromatic rings. The Morgan fingerprint density at radius 2 is 1.78 bits per heavy atom. The van der Waals surface area contributed by atoms with Crippen LogP contribution in [0.1, 0.15) is 22.8 Å². The summed E-state index contributed by atoms with van der Waals surface area (Å²) in [6, 6.07) is 14.3. The summed E-state index contributed by atoms with van der Waals surface area (Å²) in [5.41, 5.74) is 3.01. The number of nitrogens with zero attached hydrogens (tertiary/aromatic N) is 2. The van der Waals surface area contributed by atoms with E-state index in [1.807, 2.05) is 0 Å². The van der Waals surface area contributed by atoms with Crippen LogP contribution >= 0.6 is 0 Å². The molecule has 3 nitrogen and oxygen atoms in total. The fourth-order valence-corrected chi connectivity index (χ4v) is 3.07. The molecule has 0 saturated carbocycles. The Morgan fingerprint density at radius 3 is 2.48 bits per heavy atom. The standard InChI is InChI=1S/C19H21FN2O/c1-2-15-6-3-4-9-18(15)21-10-12-22(13-11-21)19(23)16-7-5-8-17(20)14-16/h3-9,14H,2,10-13H2,1H3. The third kappa shape index (κ3) is 3.36. The third-order valence-corrected chi connectivity index (χ3v) is 4.35. The number of amides is 1. The molecule has 1 amide bonds. The van der Waals surface area contributed by atoms with Crippen LogP contribution in [0.5, 0.6) is 0 Å². The quantitative estimate of drug-likeness (QED) is 0.868. The van der Waals surface area contributed by atoms with Gasteiger partial charge in [0.2, 0.25) is 0 Å². The lowest BCUT2D eigenvalue weighted by Gasteiger charge is -2.37. The van der Waals surface area contributed by atoms with Gasteiger partial charge in [0.15, 0.2) is 0 Å². The number of piperazine rings is 1. The molecule has 0 unspecified atom stereocenters. The highest BCUT2D eigenvalue weighted by Crippen LogP contribution is 2.22. The normalized spacial score (nSPS) is 14.9. The van der Waals surface area contributed by atoms with Crippen molar-refractivity contribution in [1.82, 2.24) is 4.90 Å². The second kappa shape index (κ2) is 6.82. The van der Waals surface area contributed by atoms with Crippen molar-refractivity contribution in [2.45, 2.75) is 13.3 Å². The zero-order valence-electron chi connectivity index (χ0n) is 13.3. The molecular weight excluding hydrogens is 291 g/mol. The molecule has 0 radical (unpaired) electrons. The number of hydrogen-bond donors (Lipinski definition) is 0. The molecule has 1 fully saturated rings. The Labute approximate surface area is 136 Å². The molecule has 0 atom stereocenters. The summed E-state index contributed by atoms with van der Waals surface area (Å²) in [7, 11) is 0. The Hall–Kier alpha value is -2.36. The molecule has 120 valence electrons. The van der Waals surface area contributed by atoms with Gasteiger partial charge >= 0.3 is 0 Å². The maximum absolute atomic E-state index is 13.3. The molecule has 1 saturated heterocycles. The number of anilines is 1. The van der Waals surface area contributed by atoms with Crippen molar-refractivity contribution >= 4 is 11.6 Å². The number of halogens is 1. The average molecular weight is 312 g/mol. The van der Waals surface area contributed by atoms with Gasteiger partial charge in [-0.1, -0.05) is 31.2 Å². The van der Waals surface area contributed by atoms with E-state index < -0.39 is 0 Å². The highest BCUT2D eigenvalue weighted by Gasteiger charge is 2.23. The van der Waals surface area contributed by atoms with Gasteiger partial charge in [-0.3, -0.25) is 4.79 Å². The number of benzene rings is 2. The van der Waals surface area contributed by atoms with Crippen LogP contribution in [0.15, 0.2) is 48.5 Å². The lowest BCUT2D eigenvalue weighted by molar-refractivity contribution is 0.0746. The highest BCUT2D eigenvalue weighted by molar-refractivity contribution is 5.94. The summed E-state index contributed by atoms with van der Waals surface area (Å²) >= 11 is 0. The molecule has 4 heteroatoms. The molecule has 1 aliphatic heterocycles. The van der Waals surface area contributed by atoms with Crippen molar-refractivity contribution in [3.8, 4) is 0 Å². The number of hydrogen-bond acceptors (Lipinski definition) is 2. The van der Waals surface area contributed by atoms with E-state index in [4.69, 9.17) is 0 Å². The first kappa shape index (κ1) is 15.5. The van der Waals surface area contributed by atoms with E-state index in [1.54, 1.807) is 17.0 Å². The maximum atomic E-state index is 13.3. The van der Waals surface area contributed by atoms with Gasteiger partial charge in [0.25, 0.3) is 5.91 Å². The summed E-state index contributed by atoms with van der Waals surface area (Å²) in [6.45, 7) is 5.08. The predicted octanol–water partition coefficient (Wildman–Crippen LogP) is 3.35. The van der Waals surface area contributed by atoms with E-state index in [1.165, 1.54) is 23.4 Å². The second-order valence-corrected chi connectivity index (χ2v) is 5.77. The van der Waals surface area contributed by atoms with E-state index in [0.717, 1.165) is 19.5 Å². The zero-order chi connectivity index (χ0) is 16.2. The summed E-state index contributed by atoms with van der Waals surface area (Å²) in [5.74, 6) is -0.459. The van der Waals surface area contributed by atoms with Crippen molar-refractivity contribution in [3.63, 3.8) is 0 Å². The first-order valence-corrected chi connectivity index (χ1v) is 8.06. The van der Waals surface area contributed by atoms with E-state index in [2.05, 4.69) is 36.1 Å². The smallest absolute Gasteiger partial charge is 0.254 e. The van der Waals surface area contributed by atoms with Crippen LogP contribution in [0.3, 0.4) is 0 Å². The van der Waals surface area contributed by atoms with Gasteiger partial charge in [0.05, 0.1) is 0 Å². The number of aryl methyl sites for hydroxylation is 1. The third-order valence-electron chi connectivity index (χ3n) is 4.35. The number of carbonyl (C=O) groups is 1.